The number of hydrogen-bond acceptors (Lipinski definition) is 6. The number of hydrogen-bond donors (Lipinski definition) is 2. The van der Waals surface area contributed by atoms with Crippen LogP contribution in [0, 0.1) is 0 Å². The van der Waals surface area contributed by atoms with Gasteiger partial charge in [-0.25, -0.2) is 0 Å². The van der Waals surface area contributed by atoms with E-state index >= 15 is 0 Å². The summed E-state index contributed by atoms with van der Waals surface area (Å²) >= 11 is 0. The van der Waals surface area contributed by atoms with E-state index < -0.39 is 5.60 Å². The number of nitrogens with zero attached hydrogens (tertiary/aromatic N) is 4. The Kier molecular flexibility index (Phi) is 1.89. The number of aromatic amines is 1. The molecule has 0 aliphatic carbocycles. The van der Waals surface area contributed by atoms with Gasteiger partial charge in [-0.2, -0.15) is 5.21 Å². The second kappa shape index (κ2) is 2.93. The van der Waals surface area contributed by atoms with Gasteiger partial charge in [0.1, 0.15) is 5.60 Å². The molecule has 0 spiro atoms. The average Bonchev–Trinajstić information content (AvgIpc) is 2.52. The highest BCUT2D eigenvalue weighted by atomic mass is 16.5. The molecule has 0 amide bonds. The highest BCUT2D eigenvalue weighted by molar-refractivity contribution is 5.34. The third-order valence-corrected chi connectivity index (χ3v) is 2.00. The van der Waals surface area contributed by atoms with Crippen LogP contribution in [0.2, 0.25) is 0 Å². The zero-order valence-electron chi connectivity index (χ0n) is 7.27. The van der Waals surface area contributed by atoms with Crippen molar-refractivity contribution in [1.29, 1.82) is 0 Å². The molecule has 1 saturated heterocycles. The molecule has 0 unspecified atom stereocenters. The van der Waals surface area contributed by atoms with Crippen LogP contribution in [-0.4, -0.2) is 58.1 Å². The molecule has 0 saturated carbocycles. The summed E-state index contributed by atoms with van der Waals surface area (Å²) in [6, 6.07) is 0. The third-order valence-electron chi connectivity index (χ3n) is 2.00. The van der Waals surface area contributed by atoms with Gasteiger partial charge in [0.25, 0.3) is 5.95 Å². The van der Waals surface area contributed by atoms with Gasteiger partial charge in [-0.05, 0) is 5.21 Å². The number of ether oxygens (including phenoxy) is 1. The van der Waals surface area contributed by atoms with Gasteiger partial charge in [0.15, 0.2) is 0 Å². The van der Waals surface area contributed by atoms with Gasteiger partial charge in [0.05, 0.1) is 19.7 Å². The maximum atomic E-state index is 9.73. The molecule has 0 atom stereocenters. The molecule has 7 heteroatoms. The lowest BCUT2D eigenvalue weighted by Crippen LogP contribution is -2.64. The third kappa shape index (κ3) is 1.47. The number of β-amino-alcohol motifs (C(OH)–C–C–N with tert-alkyl or cyclic N) is 1. The predicted octanol–water partition coefficient (Wildman–Crippen LogP) is -1.60. The zero-order chi connectivity index (χ0) is 9.31. The van der Waals surface area contributed by atoms with Crippen molar-refractivity contribution in [2.45, 2.75) is 5.60 Å². The maximum absolute atomic E-state index is 9.73. The Morgan fingerprint density at radius 3 is 3.00 bits per heavy atom. The second-order valence-electron chi connectivity index (χ2n) is 3.23. The number of tetrazole rings is 1. The molecule has 7 nitrogen and oxygen atoms in total. The normalized spacial score (nSPS) is 20.0. The number of rotatable bonds is 3. The fraction of sp³-hybridized carbons (Fsp3) is 0.833. The second-order valence-corrected chi connectivity index (χ2v) is 3.23. The zero-order valence-corrected chi connectivity index (χ0v) is 7.27. The van der Waals surface area contributed by atoms with E-state index in [0.717, 1.165) is 0 Å². The van der Waals surface area contributed by atoms with Crippen LogP contribution in [0.5, 0.6) is 0 Å². The SMILES string of the molecule is COCC1(O)CN(c2nn[nH]n2)C1. The van der Waals surface area contributed by atoms with Crippen molar-refractivity contribution in [2.24, 2.45) is 0 Å². The van der Waals surface area contributed by atoms with Crippen molar-refractivity contribution in [1.82, 2.24) is 20.6 Å². The molecule has 1 aromatic heterocycles. The molecule has 1 aliphatic rings. The first-order chi connectivity index (χ1) is 6.23. The van der Waals surface area contributed by atoms with Crippen LogP contribution in [-0.2, 0) is 4.74 Å². The van der Waals surface area contributed by atoms with E-state index in [4.69, 9.17) is 4.74 Å². The summed E-state index contributed by atoms with van der Waals surface area (Å²) in [5.74, 6) is 0.515. The summed E-state index contributed by atoms with van der Waals surface area (Å²) in [5.41, 5.74) is -0.755. The van der Waals surface area contributed by atoms with Crippen LogP contribution >= 0.6 is 0 Å². The van der Waals surface area contributed by atoms with Crippen molar-refractivity contribution < 1.29 is 9.84 Å². The fourth-order valence-corrected chi connectivity index (χ4v) is 1.46. The highest BCUT2D eigenvalue weighted by Crippen LogP contribution is 2.23. The molecule has 1 fully saturated rings. The summed E-state index contributed by atoms with van der Waals surface area (Å²) in [6.07, 6.45) is 0. The number of aliphatic hydroxyl groups is 1. The first-order valence-electron chi connectivity index (χ1n) is 3.93. The fourth-order valence-electron chi connectivity index (χ4n) is 1.46. The van der Waals surface area contributed by atoms with Crippen molar-refractivity contribution in [2.75, 3.05) is 31.7 Å². The van der Waals surface area contributed by atoms with Crippen LogP contribution in [0.15, 0.2) is 0 Å². The van der Waals surface area contributed by atoms with Crippen LogP contribution < -0.4 is 4.90 Å². The summed E-state index contributed by atoms with van der Waals surface area (Å²) in [4.78, 5) is 1.82. The minimum atomic E-state index is -0.755. The summed E-state index contributed by atoms with van der Waals surface area (Å²) in [5, 5.41) is 23.1. The minimum Gasteiger partial charge on any atom is -0.384 e. The van der Waals surface area contributed by atoms with E-state index in [1.54, 1.807) is 7.11 Å². The molecule has 0 aromatic carbocycles. The smallest absolute Gasteiger partial charge is 0.265 e. The van der Waals surface area contributed by atoms with Crippen LogP contribution in [0.1, 0.15) is 0 Å². The minimum absolute atomic E-state index is 0.335. The molecule has 0 bridgehead atoms. The first kappa shape index (κ1) is 8.39. The van der Waals surface area contributed by atoms with Gasteiger partial charge in [-0.1, -0.05) is 5.10 Å². The summed E-state index contributed by atoms with van der Waals surface area (Å²) in [7, 11) is 1.56. The van der Waals surface area contributed by atoms with Crippen LogP contribution in [0.3, 0.4) is 0 Å². The highest BCUT2D eigenvalue weighted by Gasteiger charge is 2.42. The van der Waals surface area contributed by atoms with Crippen molar-refractivity contribution in [3.8, 4) is 0 Å². The van der Waals surface area contributed by atoms with Gasteiger partial charge >= 0.3 is 0 Å². The average molecular weight is 185 g/mol. The number of methoxy groups -OCH3 is 1. The lowest BCUT2D eigenvalue weighted by Gasteiger charge is -2.45. The van der Waals surface area contributed by atoms with E-state index in [1.165, 1.54) is 0 Å². The number of anilines is 1. The lowest BCUT2D eigenvalue weighted by molar-refractivity contribution is -0.0509. The van der Waals surface area contributed by atoms with E-state index in [9.17, 15) is 5.11 Å². The Morgan fingerprint density at radius 2 is 2.46 bits per heavy atom. The van der Waals surface area contributed by atoms with E-state index in [1.807, 2.05) is 4.90 Å². The van der Waals surface area contributed by atoms with Gasteiger partial charge < -0.3 is 14.7 Å². The molecule has 2 heterocycles. The largest absolute Gasteiger partial charge is 0.384 e. The van der Waals surface area contributed by atoms with Crippen LogP contribution in [0.25, 0.3) is 0 Å². The van der Waals surface area contributed by atoms with Crippen molar-refractivity contribution in [3.05, 3.63) is 0 Å². The molecule has 2 rings (SSSR count). The van der Waals surface area contributed by atoms with E-state index in [2.05, 4.69) is 20.6 Å². The Hall–Kier alpha value is -1.21. The number of H-pyrrole nitrogens is 1. The molecule has 1 aliphatic heterocycles. The number of nitrogens with one attached hydrogen (secondary N) is 1. The van der Waals surface area contributed by atoms with Crippen molar-refractivity contribution in [3.63, 3.8) is 0 Å². The first-order valence-corrected chi connectivity index (χ1v) is 3.93. The topological polar surface area (TPSA) is 87.2 Å². The Labute approximate surface area is 74.7 Å². The summed E-state index contributed by atoms with van der Waals surface area (Å²) in [6.45, 7) is 1.31. The van der Waals surface area contributed by atoms with Gasteiger partial charge in [-0.15, -0.1) is 5.10 Å². The molecule has 1 aromatic rings. The molecular formula is C6H11N5O2. The Morgan fingerprint density at radius 1 is 1.69 bits per heavy atom. The Bertz CT molecular complexity index is 269. The lowest BCUT2D eigenvalue weighted by atomic mass is 9.96. The maximum Gasteiger partial charge on any atom is 0.265 e. The Balaban J connectivity index is 1.91. The van der Waals surface area contributed by atoms with Crippen molar-refractivity contribution >= 4 is 5.95 Å². The molecule has 72 valence electrons. The van der Waals surface area contributed by atoms with E-state index in [-0.39, 0.29) is 0 Å². The monoisotopic (exact) mass is 185 g/mol. The molecular weight excluding hydrogens is 174 g/mol. The molecule has 2 N–H and O–H groups in total. The van der Waals surface area contributed by atoms with Gasteiger partial charge in [0.2, 0.25) is 0 Å². The molecule has 0 radical (unpaired) electrons. The summed E-state index contributed by atoms with van der Waals surface area (Å²) < 4.78 is 4.87. The number of aromatic nitrogens is 4. The van der Waals surface area contributed by atoms with E-state index in [0.29, 0.717) is 25.6 Å². The predicted molar refractivity (Wildman–Crippen MR) is 43.2 cm³/mol. The van der Waals surface area contributed by atoms with Gasteiger partial charge in [0, 0.05) is 7.11 Å². The van der Waals surface area contributed by atoms with Gasteiger partial charge in [-0.3, -0.25) is 0 Å². The quantitative estimate of drug-likeness (QED) is 0.589. The van der Waals surface area contributed by atoms with Crippen LogP contribution in [0.4, 0.5) is 5.95 Å². The standard InChI is InChI=1S/C6H11N5O2/c1-13-4-6(12)2-11(3-6)5-7-9-10-8-5/h12H,2-4H2,1H3,(H,7,8,9,10). The molecule has 13 heavy (non-hydrogen) atoms.